The molecule has 0 atom stereocenters. The van der Waals surface area contributed by atoms with Crippen LogP contribution in [0.1, 0.15) is 57.0 Å². The predicted octanol–water partition coefficient (Wildman–Crippen LogP) is 4.21. The molecular weight excluding hydrogens is 278 g/mol. The largest absolute Gasteiger partial charge is 0.348 e. The summed E-state index contributed by atoms with van der Waals surface area (Å²) in [7, 11) is 0. The maximum Gasteiger partial charge on any atom is 0.185 e. The molecule has 21 heavy (non-hydrogen) atoms. The lowest BCUT2D eigenvalue weighted by atomic mass is 9.93. The number of hydrogen-bond acceptors (Lipinski definition) is 4. The summed E-state index contributed by atoms with van der Waals surface area (Å²) in [5, 5.41) is 4.77. The highest BCUT2D eigenvalue weighted by Crippen LogP contribution is 2.30. The maximum absolute atomic E-state index is 4.81. The summed E-state index contributed by atoms with van der Waals surface area (Å²) in [6.45, 7) is 13.4. The topological polar surface area (TPSA) is 28.2 Å². The summed E-state index contributed by atoms with van der Waals surface area (Å²) in [5.41, 5.74) is 1.21. The molecule has 0 bridgehead atoms. The van der Waals surface area contributed by atoms with Crippen molar-refractivity contribution in [3.63, 3.8) is 0 Å². The molecule has 1 N–H and O–H groups in total. The summed E-state index contributed by atoms with van der Waals surface area (Å²) >= 11 is 1.88. The number of hydrogen-bond donors (Lipinski definition) is 1. The number of anilines is 1. The number of piperidine rings is 1. The van der Waals surface area contributed by atoms with E-state index in [9.17, 15) is 0 Å². The Hall–Kier alpha value is -0.610. The SMILES string of the molecule is CCCC1CCN(c2nc(C)c(CNCC(C)C)s2)CC1. The van der Waals surface area contributed by atoms with Crippen molar-refractivity contribution in [3.05, 3.63) is 10.6 Å². The van der Waals surface area contributed by atoms with Crippen LogP contribution in [-0.4, -0.2) is 24.6 Å². The van der Waals surface area contributed by atoms with Crippen molar-refractivity contribution in [3.8, 4) is 0 Å². The second-order valence-electron chi connectivity index (χ2n) is 6.75. The summed E-state index contributed by atoms with van der Waals surface area (Å²) in [4.78, 5) is 8.71. The van der Waals surface area contributed by atoms with Gasteiger partial charge in [0.1, 0.15) is 0 Å². The fraction of sp³-hybridized carbons (Fsp3) is 0.824. The summed E-state index contributed by atoms with van der Waals surface area (Å²) in [6.07, 6.45) is 5.41. The number of nitrogens with zero attached hydrogens (tertiary/aromatic N) is 2. The number of aromatic nitrogens is 1. The van der Waals surface area contributed by atoms with Gasteiger partial charge in [0.05, 0.1) is 5.69 Å². The Labute approximate surface area is 134 Å². The first-order valence-electron chi connectivity index (χ1n) is 8.52. The smallest absolute Gasteiger partial charge is 0.185 e. The van der Waals surface area contributed by atoms with Crippen LogP contribution in [0, 0.1) is 18.8 Å². The van der Waals surface area contributed by atoms with Gasteiger partial charge in [0, 0.05) is 24.5 Å². The van der Waals surface area contributed by atoms with Gasteiger partial charge in [-0.15, -0.1) is 11.3 Å². The maximum atomic E-state index is 4.81. The predicted molar refractivity (Wildman–Crippen MR) is 93.2 cm³/mol. The van der Waals surface area contributed by atoms with E-state index in [-0.39, 0.29) is 0 Å². The molecule has 1 saturated heterocycles. The van der Waals surface area contributed by atoms with E-state index in [0.717, 1.165) is 19.0 Å². The molecule has 2 heterocycles. The molecule has 1 fully saturated rings. The van der Waals surface area contributed by atoms with Gasteiger partial charge in [-0.2, -0.15) is 0 Å². The molecule has 1 aromatic heterocycles. The van der Waals surface area contributed by atoms with Crippen molar-refractivity contribution in [2.24, 2.45) is 11.8 Å². The second-order valence-corrected chi connectivity index (χ2v) is 7.81. The van der Waals surface area contributed by atoms with E-state index in [4.69, 9.17) is 4.98 Å². The minimum absolute atomic E-state index is 0.704. The molecule has 2 rings (SSSR count). The van der Waals surface area contributed by atoms with Gasteiger partial charge >= 0.3 is 0 Å². The van der Waals surface area contributed by atoms with E-state index in [2.05, 4.69) is 37.9 Å². The van der Waals surface area contributed by atoms with Crippen LogP contribution < -0.4 is 10.2 Å². The third-order valence-electron chi connectivity index (χ3n) is 4.30. The molecule has 120 valence electrons. The lowest BCUT2D eigenvalue weighted by molar-refractivity contribution is 0.378. The Kier molecular flexibility index (Phi) is 6.49. The van der Waals surface area contributed by atoms with E-state index in [1.807, 2.05) is 11.3 Å². The van der Waals surface area contributed by atoms with Crippen LogP contribution in [0.3, 0.4) is 0 Å². The minimum atomic E-state index is 0.704. The van der Waals surface area contributed by atoms with Crippen molar-refractivity contribution in [1.82, 2.24) is 10.3 Å². The van der Waals surface area contributed by atoms with Gasteiger partial charge in [-0.25, -0.2) is 4.98 Å². The van der Waals surface area contributed by atoms with Gasteiger partial charge < -0.3 is 10.2 Å². The van der Waals surface area contributed by atoms with E-state index in [0.29, 0.717) is 5.92 Å². The molecule has 0 aromatic carbocycles. The molecule has 0 spiro atoms. The first kappa shape index (κ1) is 16.8. The third-order valence-corrected chi connectivity index (χ3v) is 5.52. The third kappa shape index (κ3) is 4.96. The van der Waals surface area contributed by atoms with Gasteiger partial charge in [0.25, 0.3) is 0 Å². The summed E-state index contributed by atoms with van der Waals surface area (Å²) in [5.74, 6) is 1.65. The van der Waals surface area contributed by atoms with Crippen molar-refractivity contribution in [2.75, 3.05) is 24.5 Å². The van der Waals surface area contributed by atoms with Crippen molar-refractivity contribution < 1.29 is 0 Å². The molecular formula is C17H31N3S. The van der Waals surface area contributed by atoms with Crippen LogP contribution in [0.2, 0.25) is 0 Å². The van der Waals surface area contributed by atoms with E-state index < -0.39 is 0 Å². The van der Waals surface area contributed by atoms with Crippen LogP contribution in [-0.2, 0) is 6.54 Å². The van der Waals surface area contributed by atoms with Crippen LogP contribution in [0.15, 0.2) is 0 Å². The molecule has 1 aliphatic heterocycles. The first-order valence-corrected chi connectivity index (χ1v) is 9.33. The van der Waals surface area contributed by atoms with Gasteiger partial charge in [0.2, 0.25) is 0 Å². The molecule has 0 unspecified atom stereocenters. The lowest BCUT2D eigenvalue weighted by Gasteiger charge is -2.31. The normalized spacial score (nSPS) is 16.9. The Bertz CT molecular complexity index is 420. The lowest BCUT2D eigenvalue weighted by Crippen LogP contribution is -2.33. The highest BCUT2D eigenvalue weighted by Gasteiger charge is 2.21. The fourth-order valence-electron chi connectivity index (χ4n) is 3.01. The fourth-order valence-corrected chi connectivity index (χ4v) is 4.09. The summed E-state index contributed by atoms with van der Waals surface area (Å²) in [6, 6.07) is 0. The zero-order valence-corrected chi connectivity index (χ0v) is 14.9. The Morgan fingerprint density at radius 1 is 1.33 bits per heavy atom. The van der Waals surface area contributed by atoms with Crippen LogP contribution >= 0.6 is 11.3 Å². The average Bonchev–Trinajstić information content (AvgIpc) is 2.81. The molecule has 3 nitrogen and oxygen atoms in total. The zero-order valence-electron chi connectivity index (χ0n) is 14.1. The number of rotatable bonds is 7. The van der Waals surface area contributed by atoms with Crippen molar-refractivity contribution in [1.29, 1.82) is 0 Å². The van der Waals surface area contributed by atoms with Crippen LogP contribution in [0.5, 0.6) is 0 Å². The number of aryl methyl sites for hydroxylation is 1. The van der Waals surface area contributed by atoms with E-state index in [1.165, 1.54) is 54.5 Å². The Morgan fingerprint density at radius 2 is 2.05 bits per heavy atom. The van der Waals surface area contributed by atoms with Gasteiger partial charge in [-0.1, -0.05) is 33.6 Å². The first-order chi connectivity index (χ1) is 10.1. The van der Waals surface area contributed by atoms with Gasteiger partial charge in [-0.3, -0.25) is 0 Å². The van der Waals surface area contributed by atoms with Crippen molar-refractivity contribution in [2.45, 2.75) is 59.9 Å². The zero-order chi connectivity index (χ0) is 15.2. The molecule has 0 aliphatic carbocycles. The van der Waals surface area contributed by atoms with Gasteiger partial charge in [-0.05, 0) is 38.1 Å². The van der Waals surface area contributed by atoms with Crippen molar-refractivity contribution >= 4 is 16.5 Å². The van der Waals surface area contributed by atoms with Gasteiger partial charge in [0.15, 0.2) is 5.13 Å². The Morgan fingerprint density at radius 3 is 2.67 bits per heavy atom. The van der Waals surface area contributed by atoms with Crippen LogP contribution in [0.4, 0.5) is 5.13 Å². The average molecular weight is 310 g/mol. The standard InChI is InChI=1S/C17H31N3S/c1-5-6-15-7-9-20(10-8-15)17-19-14(4)16(21-17)12-18-11-13(2)3/h13,15,18H,5-12H2,1-4H3. The molecule has 4 heteroatoms. The Balaban J connectivity index is 1.87. The molecule has 0 radical (unpaired) electrons. The summed E-state index contributed by atoms with van der Waals surface area (Å²) < 4.78 is 0. The minimum Gasteiger partial charge on any atom is -0.348 e. The van der Waals surface area contributed by atoms with E-state index >= 15 is 0 Å². The molecule has 0 saturated carbocycles. The number of nitrogens with one attached hydrogen (secondary N) is 1. The molecule has 1 aromatic rings. The molecule has 1 aliphatic rings. The number of thiazole rings is 1. The highest BCUT2D eigenvalue weighted by molar-refractivity contribution is 7.15. The quantitative estimate of drug-likeness (QED) is 0.817. The molecule has 0 amide bonds. The van der Waals surface area contributed by atoms with E-state index in [1.54, 1.807) is 0 Å². The second kappa shape index (κ2) is 8.14. The highest BCUT2D eigenvalue weighted by atomic mass is 32.1. The van der Waals surface area contributed by atoms with Crippen LogP contribution in [0.25, 0.3) is 0 Å². The monoisotopic (exact) mass is 309 g/mol.